The first-order valence-corrected chi connectivity index (χ1v) is 9.15. The molecule has 6 heteroatoms. The van der Waals surface area contributed by atoms with Gasteiger partial charge in [-0.2, -0.15) is 11.8 Å². The number of guanidine groups is 1. The molecule has 0 saturated carbocycles. The van der Waals surface area contributed by atoms with Gasteiger partial charge in [-0.25, -0.2) is 9.98 Å². The van der Waals surface area contributed by atoms with Crippen molar-refractivity contribution in [1.82, 2.24) is 14.5 Å². The fourth-order valence-electron chi connectivity index (χ4n) is 2.63. The maximum atomic E-state index is 6.11. The van der Waals surface area contributed by atoms with E-state index in [1.165, 1.54) is 5.56 Å². The molecule has 122 valence electrons. The van der Waals surface area contributed by atoms with Crippen molar-refractivity contribution in [3.8, 4) is 0 Å². The number of rotatable bonds is 5. The molecule has 2 N–H and O–H groups in total. The number of imidazole rings is 1. The Bertz CT molecular complexity index is 631. The van der Waals surface area contributed by atoms with E-state index in [1.54, 1.807) is 0 Å². The number of nitrogens with two attached hydrogens (primary N) is 1. The number of benzene rings is 1. The third-order valence-electron chi connectivity index (χ3n) is 4.00. The molecule has 2 heterocycles. The molecule has 1 aliphatic rings. The molecule has 0 radical (unpaired) electrons. The van der Waals surface area contributed by atoms with Crippen LogP contribution in [0.25, 0.3) is 0 Å². The van der Waals surface area contributed by atoms with E-state index >= 15 is 0 Å². The molecule has 1 aliphatic heterocycles. The van der Waals surface area contributed by atoms with Gasteiger partial charge in [0, 0.05) is 43.5 Å². The van der Waals surface area contributed by atoms with Gasteiger partial charge in [-0.05, 0) is 12.0 Å². The SMILES string of the molecule is NC(=NCc1nccn1CCc1ccccc1)N1CCSCC1. The van der Waals surface area contributed by atoms with Crippen LogP contribution in [0.3, 0.4) is 0 Å². The third-order valence-corrected chi connectivity index (χ3v) is 4.95. The van der Waals surface area contributed by atoms with Crippen molar-refractivity contribution in [3.63, 3.8) is 0 Å². The summed E-state index contributed by atoms with van der Waals surface area (Å²) in [5, 5.41) is 0. The Balaban J connectivity index is 1.57. The minimum atomic E-state index is 0.539. The predicted octanol–water partition coefficient (Wildman–Crippen LogP) is 1.99. The fourth-order valence-corrected chi connectivity index (χ4v) is 3.54. The summed E-state index contributed by atoms with van der Waals surface area (Å²) in [5.41, 5.74) is 7.44. The van der Waals surface area contributed by atoms with E-state index in [0.29, 0.717) is 12.5 Å². The first kappa shape index (κ1) is 15.9. The molecular formula is C17H23N5S. The lowest BCUT2D eigenvalue weighted by Gasteiger charge is -2.27. The van der Waals surface area contributed by atoms with E-state index < -0.39 is 0 Å². The van der Waals surface area contributed by atoms with Crippen LogP contribution in [0.5, 0.6) is 0 Å². The van der Waals surface area contributed by atoms with Gasteiger partial charge in [-0.15, -0.1) is 0 Å². The summed E-state index contributed by atoms with van der Waals surface area (Å²) in [7, 11) is 0. The van der Waals surface area contributed by atoms with E-state index in [9.17, 15) is 0 Å². The van der Waals surface area contributed by atoms with Crippen molar-refractivity contribution in [3.05, 3.63) is 54.1 Å². The Morgan fingerprint density at radius 2 is 2.00 bits per heavy atom. The zero-order valence-corrected chi connectivity index (χ0v) is 14.1. The fraction of sp³-hybridized carbons (Fsp3) is 0.412. The van der Waals surface area contributed by atoms with E-state index in [1.807, 2.05) is 30.2 Å². The van der Waals surface area contributed by atoms with Gasteiger partial charge >= 0.3 is 0 Å². The average Bonchev–Trinajstić information content (AvgIpc) is 3.07. The van der Waals surface area contributed by atoms with Gasteiger partial charge in [0.15, 0.2) is 5.96 Å². The maximum absolute atomic E-state index is 6.11. The van der Waals surface area contributed by atoms with Gasteiger partial charge in [0.05, 0.1) is 0 Å². The van der Waals surface area contributed by atoms with E-state index in [-0.39, 0.29) is 0 Å². The van der Waals surface area contributed by atoms with Gasteiger partial charge in [-0.3, -0.25) is 0 Å². The maximum Gasteiger partial charge on any atom is 0.191 e. The number of aryl methyl sites for hydroxylation is 2. The molecule has 1 fully saturated rings. The summed E-state index contributed by atoms with van der Waals surface area (Å²) in [5.74, 6) is 3.86. The Labute approximate surface area is 141 Å². The highest BCUT2D eigenvalue weighted by Crippen LogP contribution is 2.09. The molecule has 0 aliphatic carbocycles. The van der Waals surface area contributed by atoms with Crippen LogP contribution in [-0.4, -0.2) is 45.0 Å². The van der Waals surface area contributed by atoms with Crippen molar-refractivity contribution in [2.75, 3.05) is 24.6 Å². The summed E-state index contributed by atoms with van der Waals surface area (Å²) >= 11 is 1.97. The summed E-state index contributed by atoms with van der Waals surface area (Å²) in [6.45, 7) is 3.43. The zero-order valence-electron chi connectivity index (χ0n) is 13.3. The van der Waals surface area contributed by atoms with Crippen molar-refractivity contribution in [2.24, 2.45) is 10.7 Å². The second-order valence-corrected chi connectivity index (χ2v) is 6.77. The third kappa shape index (κ3) is 4.51. The van der Waals surface area contributed by atoms with Crippen molar-refractivity contribution in [1.29, 1.82) is 0 Å². The Morgan fingerprint density at radius 3 is 2.78 bits per heavy atom. The number of nitrogens with zero attached hydrogens (tertiary/aromatic N) is 4. The highest BCUT2D eigenvalue weighted by molar-refractivity contribution is 7.99. The molecule has 23 heavy (non-hydrogen) atoms. The number of hydrogen-bond donors (Lipinski definition) is 1. The topological polar surface area (TPSA) is 59.4 Å². The first-order chi connectivity index (χ1) is 11.3. The van der Waals surface area contributed by atoms with E-state index in [0.717, 1.165) is 43.4 Å². The van der Waals surface area contributed by atoms with Crippen LogP contribution in [0.2, 0.25) is 0 Å². The minimum absolute atomic E-state index is 0.539. The summed E-state index contributed by atoms with van der Waals surface area (Å²) in [6, 6.07) is 10.5. The lowest BCUT2D eigenvalue weighted by Crippen LogP contribution is -2.42. The number of aliphatic imine (C=N–C) groups is 1. The van der Waals surface area contributed by atoms with Crippen LogP contribution < -0.4 is 5.73 Å². The monoisotopic (exact) mass is 329 g/mol. The highest BCUT2D eigenvalue weighted by atomic mass is 32.2. The molecule has 1 saturated heterocycles. The van der Waals surface area contributed by atoms with Gasteiger partial charge in [-0.1, -0.05) is 30.3 Å². The first-order valence-electron chi connectivity index (χ1n) is 7.99. The molecule has 0 bridgehead atoms. The molecule has 0 amide bonds. The van der Waals surface area contributed by atoms with Gasteiger partial charge in [0.1, 0.15) is 12.4 Å². The second-order valence-electron chi connectivity index (χ2n) is 5.55. The van der Waals surface area contributed by atoms with Crippen LogP contribution in [0, 0.1) is 0 Å². The lowest BCUT2D eigenvalue weighted by atomic mass is 10.1. The standard InChI is InChI=1S/C17H23N5S/c18-17(22-10-12-23-13-11-22)20-14-16-19-7-9-21(16)8-6-15-4-2-1-3-5-15/h1-5,7,9H,6,8,10-14H2,(H2,18,20). The second kappa shape index (κ2) is 8.06. The van der Waals surface area contributed by atoms with Crippen LogP contribution in [0.1, 0.15) is 11.4 Å². The quantitative estimate of drug-likeness (QED) is 0.673. The van der Waals surface area contributed by atoms with Gasteiger partial charge in [0.2, 0.25) is 0 Å². The summed E-state index contributed by atoms with van der Waals surface area (Å²) in [6.07, 6.45) is 4.85. The Hall–Kier alpha value is -1.95. The molecule has 0 unspecified atom stereocenters. The number of thioether (sulfide) groups is 1. The van der Waals surface area contributed by atoms with Crippen molar-refractivity contribution >= 4 is 17.7 Å². The molecule has 3 rings (SSSR count). The molecular weight excluding hydrogens is 306 g/mol. The van der Waals surface area contributed by atoms with Crippen LogP contribution >= 0.6 is 11.8 Å². The Kier molecular flexibility index (Phi) is 5.58. The minimum Gasteiger partial charge on any atom is -0.370 e. The predicted molar refractivity (Wildman–Crippen MR) is 96.6 cm³/mol. The average molecular weight is 329 g/mol. The van der Waals surface area contributed by atoms with Crippen LogP contribution in [0.4, 0.5) is 0 Å². The van der Waals surface area contributed by atoms with Crippen LogP contribution in [0.15, 0.2) is 47.7 Å². The molecule has 2 aromatic rings. The normalized spacial score (nSPS) is 15.8. The van der Waals surface area contributed by atoms with E-state index in [4.69, 9.17) is 5.73 Å². The molecule has 0 atom stereocenters. The van der Waals surface area contributed by atoms with Crippen molar-refractivity contribution in [2.45, 2.75) is 19.5 Å². The largest absolute Gasteiger partial charge is 0.370 e. The molecule has 1 aromatic heterocycles. The Morgan fingerprint density at radius 1 is 1.22 bits per heavy atom. The molecule has 5 nitrogen and oxygen atoms in total. The van der Waals surface area contributed by atoms with Gasteiger partial charge in [0.25, 0.3) is 0 Å². The van der Waals surface area contributed by atoms with E-state index in [2.05, 4.69) is 43.7 Å². The van der Waals surface area contributed by atoms with Crippen molar-refractivity contribution < 1.29 is 0 Å². The summed E-state index contributed by atoms with van der Waals surface area (Å²) in [4.78, 5) is 11.1. The smallest absolute Gasteiger partial charge is 0.191 e. The van der Waals surface area contributed by atoms with Gasteiger partial charge < -0.3 is 15.2 Å². The highest BCUT2D eigenvalue weighted by Gasteiger charge is 2.12. The number of hydrogen-bond acceptors (Lipinski definition) is 3. The van der Waals surface area contributed by atoms with Crippen LogP contribution in [-0.2, 0) is 19.5 Å². The number of aromatic nitrogens is 2. The lowest BCUT2D eigenvalue weighted by molar-refractivity contribution is 0.455. The zero-order chi connectivity index (χ0) is 15.9. The molecule has 1 aromatic carbocycles. The molecule has 0 spiro atoms. The summed E-state index contributed by atoms with van der Waals surface area (Å²) < 4.78 is 2.16.